The number of hydrogen-bond donors (Lipinski definition) is 0. The van der Waals surface area contributed by atoms with E-state index in [-0.39, 0.29) is 17.5 Å². The highest BCUT2D eigenvalue weighted by Gasteiger charge is 2.40. The summed E-state index contributed by atoms with van der Waals surface area (Å²) in [5.41, 5.74) is -0.171. The van der Waals surface area contributed by atoms with Crippen molar-refractivity contribution in [1.82, 2.24) is 14.7 Å². The van der Waals surface area contributed by atoms with E-state index in [2.05, 4.69) is 37.6 Å². The molecule has 1 amide bonds. The predicted molar refractivity (Wildman–Crippen MR) is 74.7 cm³/mol. The van der Waals surface area contributed by atoms with E-state index in [1.807, 2.05) is 23.9 Å². The number of nitrogens with zero attached hydrogens (tertiary/aromatic N) is 4. The van der Waals surface area contributed by atoms with Crippen LogP contribution in [0.15, 0.2) is 4.99 Å². The molecule has 0 aliphatic carbocycles. The molecule has 0 aromatic carbocycles. The van der Waals surface area contributed by atoms with Gasteiger partial charge in [-0.1, -0.05) is 0 Å². The monoisotopic (exact) mass is 254 g/mol. The fraction of sp³-hybridized carbons (Fsp3) is 0.846. The number of piperazine rings is 1. The summed E-state index contributed by atoms with van der Waals surface area (Å²) in [5.74, 6) is 1.03. The third-order valence-corrected chi connectivity index (χ3v) is 3.22. The molecule has 5 heteroatoms. The van der Waals surface area contributed by atoms with Gasteiger partial charge in [0.15, 0.2) is 5.96 Å². The van der Waals surface area contributed by atoms with Crippen molar-refractivity contribution in [3.8, 4) is 0 Å². The lowest BCUT2D eigenvalue weighted by Gasteiger charge is -2.50. The highest BCUT2D eigenvalue weighted by molar-refractivity contribution is 5.88. The Hall–Kier alpha value is -1.26. The van der Waals surface area contributed by atoms with Crippen LogP contribution in [-0.4, -0.2) is 72.4 Å². The molecule has 1 saturated heterocycles. The molecule has 104 valence electrons. The summed E-state index contributed by atoms with van der Waals surface area (Å²) in [4.78, 5) is 22.6. The molecule has 0 radical (unpaired) electrons. The van der Waals surface area contributed by atoms with Crippen molar-refractivity contribution in [2.24, 2.45) is 4.99 Å². The van der Waals surface area contributed by atoms with Gasteiger partial charge in [-0.05, 0) is 27.7 Å². The molecule has 5 nitrogen and oxygen atoms in total. The number of rotatable bonds is 1. The molecule has 0 N–H and O–H groups in total. The average Bonchev–Trinajstić information content (AvgIpc) is 2.13. The summed E-state index contributed by atoms with van der Waals surface area (Å²) in [6.07, 6.45) is 0. The first-order valence-corrected chi connectivity index (χ1v) is 6.42. The molecule has 0 spiro atoms. The van der Waals surface area contributed by atoms with Gasteiger partial charge >= 0.3 is 0 Å². The van der Waals surface area contributed by atoms with Gasteiger partial charge in [-0.15, -0.1) is 0 Å². The second kappa shape index (κ2) is 5.16. The number of amides is 1. The minimum atomic E-state index is -0.171. The first-order valence-electron chi connectivity index (χ1n) is 6.42. The SMILES string of the molecule is CN=C(N(C)C)N1CC(=O)N(C(C)C)C(C)(C)C1. The van der Waals surface area contributed by atoms with Crippen molar-refractivity contribution in [3.05, 3.63) is 0 Å². The van der Waals surface area contributed by atoms with Crippen molar-refractivity contribution in [3.63, 3.8) is 0 Å². The van der Waals surface area contributed by atoms with Gasteiger partial charge in [-0.3, -0.25) is 9.79 Å². The summed E-state index contributed by atoms with van der Waals surface area (Å²) >= 11 is 0. The van der Waals surface area contributed by atoms with E-state index in [0.29, 0.717) is 6.54 Å². The standard InChI is InChI=1S/C13H26N4O/c1-10(2)17-11(18)8-16(9-13(17,3)4)12(14-5)15(6)7/h10H,8-9H2,1-7H3. The molecule has 0 atom stereocenters. The van der Waals surface area contributed by atoms with Crippen LogP contribution in [0, 0.1) is 0 Å². The molecule has 0 bridgehead atoms. The van der Waals surface area contributed by atoms with Crippen LogP contribution < -0.4 is 0 Å². The number of carbonyl (C=O) groups is 1. The zero-order chi connectivity index (χ0) is 14.1. The maximum atomic E-state index is 12.3. The lowest BCUT2D eigenvalue weighted by Crippen LogP contribution is -2.66. The molecule has 1 rings (SSSR count). The van der Waals surface area contributed by atoms with Gasteiger partial charge in [0.05, 0.1) is 12.1 Å². The van der Waals surface area contributed by atoms with E-state index in [4.69, 9.17) is 0 Å². The minimum absolute atomic E-state index is 0.171. The van der Waals surface area contributed by atoms with E-state index in [1.165, 1.54) is 0 Å². The highest BCUT2D eigenvalue weighted by Crippen LogP contribution is 2.24. The Bertz CT molecular complexity index is 347. The first-order chi connectivity index (χ1) is 8.20. The second-order valence-corrected chi connectivity index (χ2v) is 5.94. The van der Waals surface area contributed by atoms with Crippen molar-refractivity contribution in [2.75, 3.05) is 34.2 Å². The summed E-state index contributed by atoms with van der Waals surface area (Å²) in [6.45, 7) is 9.57. The maximum Gasteiger partial charge on any atom is 0.242 e. The van der Waals surface area contributed by atoms with E-state index >= 15 is 0 Å². The lowest BCUT2D eigenvalue weighted by atomic mass is 9.96. The summed E-state index contributed by atoms with van der Waals surface area (Å²) in [5, 5.41) is 0. The quantitative estimate of drug-likeness (QED) is 0.515. The van der Waals surface area contributed by atoms with Gasteiger partial charge < -0.3 is 14.7 Å². The molecular weight excluding hydrogens is 228 g/mol. The number of guanidine groups is 1. The molecule has 1 aliphatic heterocycles. The van der Waals surface area contributed by atoms with Crippen molar-refractivity contribution in [2.45, 2.75) is 39.3 Å². The Labute approximate surface area is 110 Å². The fourth-order valence-electron chi connectivity index (χ4n) is 2.93. The topological polar surface area (TPSA) is 39.1 Å². The van der Waals surface area contributed by atoms with Crippen molar-refractivity contribution >= 4 is 11.9 Å². The van der Waals surface area contributed by atoms with Crippen LogP contribution in [0.3, 0.4) is 0 Å². The Morgan fingerprint density at radius 1 is 1.39 bits per heavy atom. The second-order valence-electron chi connectivity index (χ2n) is 5.94. The number of carbonyl (C=O) groups excluding carboxylic acids is 1. The predicted octanol–water partition coefficient (Wildman–Crippen LogP) is 0.865. The number of hydrogen-bond acceptors (Lipinski definition) is 2. The Morgan fingerprint density at radius 2 is 1.94 bits per heavy atom. The zero-order valence-electron chi connectivity index (χ0n) is 12.7. The first kappa shape index (κ1) is 14.8. The van der Waals surface area contributed by atoms with Crippen LogP contribution in [0.25, 0.3) is 0 Å². The smallest absolute Gasteiger partial charge is 0.242 e. The molecular formula is C13H26N4O. The zero-order valence-corrected chi connectivity index (χ0v) is 12.7. The number of aliphatic imine (C=N–C) groups is 1. The Morgan fingerprint density at radius 3 is 2.28 bits per heavy atom. The molecule has 18 heavy (non-hydrogen) atoms. The fourth-order valence-corrected chi connectivity index (χ4v) is 2.93. The van der Waals surface area contributed by atoms with Crippen molar-refractivity contribution in [1.29, 1.82) is 0 Å². The van der Waals surface area contributed by atoms with Crippen LogP contribution in [0.2, 0.25) is 0 Å². The van der Waals surface area contributed by atoms with Gasteiger partial charge in [-0.25, -0.2) is 0 Å². The van der Waals surface area contributed by atoms with Crippen LogP contribution >= 0.6 is 0 Å². The molecule has 0 aromatic rings. The Balaban J connectivity index is 2.97. The summed E-state index contributed by atoms with van der Waals surface area (Å²) in [7, 11) is 5.67. The summed E-state index contributed by atoms with van der Waals surface area (Å²) in [6, 6.07) is 0.232. The normalized spacial score (nSPS) is 20.7. The van der Waals surface area contributed by atoms with Gasteiger partial charge in [-0.2, -0.15) is 0 Å². The molecule has 0 aromatic heterocycles. The van der Waals surface area contributed by atoms with Crippen LogP contribution in [0.4, 0.5) is 0 Å². The van der Waals surface area contributed by atoms with E-state index in [1.54, 1.807) is 7.05 Å². The lowest BCUT2D eigenvalue weighted by molar-refractivity contribution is -0.145. The van der Waals surface area contributed by atoms with Crippen molar-refractivity contribution < 1.29 is 4.79 Å². The van der Waals surface area contributed by atoms with Gasteiger partial charge in [0.1, 0.15) is 0 Å². The Kier molecular flexibility index (Phi) is 4.24. The van der Waals surface area contributed by atoms with Crippen LogP contribution in [-0.2, 0) is 4.79 Å². The molecule has 0 unspecified atom stereocenters. The third kappa shape index (κ3) is 2.76. The maximum absolute atomic E-state index is 12.3. The van der Waals surface area contributed by atoms with E-state index in [9.17, 15) is 4.79 Å². The molecule has 1 aliphatic rings. The molecule has 1 heterocycles. The van der Waals surface area contributed by atoms with Gasteiger partial charge in [0, 0.05) is 33.7 Å². The van der Waals surface area contributed by atoms with E-state index in [0.717, 1.165) is 12.5 Å². The largest absolute Gasteiger partial charge is 0.349 e. The van der Waals surface area contributed by atoms with Gasteiger partial charge in [0.2, 0.25) is 5.91 Å². The van der Waals surface area contributed by atoms with Crippen LogP contribution in [0.1, 0.15) is 27.7 Å². The third-order valence-electron chi connectivity index (χ3n) is 3.22. The molecule has 0 saturated carbocycles. The average molecular weight is 254 g/mol. The van der Waals surface area contributed by atoms with Gasteiger partial charge in [0.25, 0.3) is 0 Å². The highest BCUT2D eigenvalue weighted by atomic mass is 16.2. The molecule has 1 fully saturated rings. The minimum Gasteiger partial charge on any atom is -0.349 e. The summed E-state index contributed by atoms with van der Waals surface area (Å²) < 4.78 is 0. The van der Waals surface area contributed by atoms with E-state index < -0.39 is 0 Å². The van der Waals surface area contributed by atoms with Crippen LogP contribution in [0.5, 0.6) is 0 Å².